The smallest absolute Gasteiger partial charge is 0.309 e. The second kappa shape index (κ2) is 9.96. The minimum absolute atomic E-state index is 0.0457. The number of hydrogen-bond donors (Lipinski definition) is 0. The number of nitroso groups, excluding NO2 is 2. The number of hydrogen-bond acceptors (Lipinski definition) is 8. The molecule has 0 saturated heterocycles. The number of ether oxygens (including phenoxy) is 1. The zero-order valence-corrected chi connectivity index (χ0v) is 12.8. The monoisotopic (exact) mass is 306 g/mol. The van der Waals surface area contributed by atoms with Crippen LogP contribution in [0.25, 0.3) is 0 Å². The molecule has 0 fully saturated rings. The van der Waals surface area contributed by atoms with Crippen LogP contribution in [0.1, 0.15) is 33.1 Å². The Bertz CT molecular complexity index is 335. The van der Waals surface area contributed by atoms with Crippen LogP contribution in [0.3, 0.4) is 0 Å². The summed E-state index contributed by atoms with van der Waals surface area (Å²) in [6.45, 7) is 3.77. The predicted molar refractivity (Wildman–Crippen MR) is 79.6 cm³/mol. The van der Waals surface area contributed by atoms with E-state index in [9.17, 15) is 14.6 Å². The summed E-state index contributed by atoms with van der Waals surface area (Å²) < 4.78 is 9.81. The van der Waals surface area contributed by atoms with Crippen molar-refractivity contribution in [2.45, 2.75) is 43.1 Å². The van der Waals surface area contributed by atoms with Gasteiger partial charge in [0.05, 0.1) is 13.5 Å². The number of carbonyl (C=O) groups excluding carboxylic acids is 1. The summed E-state index contributed by atoms with van der Waals surface area (Å²) >= 11 is 1.89. The van der Waals surface area contributed by atoms with E-state index in [0.717, 1.165) is 23.9 Å². The van der Waals surface area contributed by atoms with Crippen molar-refractivity contribution in [3.8, 4) is 0 Å². The maximum absolute atomic E-state index is 10.9. The van der Waals surface area contributed by atoms with Crippen LogP contribution in [-0.2, 0) is 9.53 Å². The van der Waals surface area contributed by atoms with Crippen LogP contribution < -0.4 is 0 Å². The maximum Gasteiger partial charge on any atom is 0.309 e. The molecule has 1 unspecified atom stereocenters. The molecule has 0 aliphatic carbocycles. The summed E-state index contributed by atoms with van der Waals surface area (Å²) in [5.41, 5.74) is 0. The molecule has 19 heavy (non-hydrogen) atoms. The van der Waals surface area contributed by atoms with Crippen molar-refractivity contribution in [3.63, 3.8) is 0 Å². The molecule has 0 saturated carbocycles. The van der Waals surface area contributed by atoms with Gasteiger partial charge >= 0.3 is 5.97 Å². The molecule has 0 aromatic carbocycles. The van der Waals surface area contributed by atoms with Crippen molar-refractivity contribution in [2.75, 3.05) is 7.11 Å². The van der Waals surface area contributed by atoms with Gasteiger partial charge in [0, 0.05) is 43.1 Å². The number of methoxy groups -OCH3 is 1. The van der Waals surface area contributed by atoms with Gasteiger partial charge in [-0.25, -0.2) is 0 Å². The fourth-order valence-electron chi connectivity index (χ4n) is 1.42. The highest BCUT2D eigenvalue weighted by molar-refractivity contribution is 7.99. The number of nitrogens with zero attached hydrogens (tertiary/aromatic N) is 2. The summed E-state index contributed by atoms with van der Waals surface area (Å²) in [6, 6.07) is 0. The minimum atomic E-state index is -0.347. The standard InChI is InChI=1S/C11H18N2O4S2/c1-11(2,19-13-16)8-9(18-12-15)6-4-5-7-10(14)17-3/h4-5,9H,6-8H2,1-3H3/b5-4+. The predicted octanol–water partition coefficient (Wildman–Crippen LogP) is 3.86. The van der Waals surface area contributed by atoms with Crippen molar-refractivity contribution in [1.29, 1.82) is 0 Å². The highest BCUT2D eigenvalue weighted by atomic mass is 32.2. The molecule has 108 valence electrons. The third kappa shape index (κ3) is 9.66. The van der Waals surface area contributed by atoms with Crippen molar-refractivity contribution in [1.82, 2.24) is 0 Å². The van der Waals surface area contributed by atoms with Gasteiger partial charge in [-0.3, -0.25) is 4.79 Å². The Kier molecular flexibility index (Phi) is 9.50. The zero-order chi connectivity index (χ0) is 14.7. The Morgan fingerprint density at radius 3 is 2.53 bits per heavy atom. The van der Waals surface area contributed by atoms with Gasteiger partial charge in [0.25, 0.3) is 0 Å². The van der Waals surface area contributed by atoms with Gasteiger partial charge < -0.3 is 4.74 Å². The molecule has 0 aromatic rings. The summed E-state index contributed by atoms with van der Waals surface area (Å²) in [5.74, 6) is -0.310. The van der Waals surface area contributed by atoms with Gasteiger partial charge in [-0.15, -0.1) is 9.81 Å². The molecule has 0 heterocycles. The van der Waals surface area contributed by atoms with E-state index in [2.05, 4.69) is 13.9 Å². The third-order valence-corrected chi connectivity index (χ3v) is 3.75. The molecule has 0 aliphatic heterocycles. The Morgan fingerprint density at radius 1 is 1.32 bits per heavy atom. The van der Waals surface area contributed by atoms with E-state index in [1.807, 2.05) is 19.9 Å². The maximum atomic E-state index is 10.9. The average Bonchev–Trinajstić information content (AvgIpc) is 2.33. The molecule has 6 nitrogen and oxygen atoms in total. The molecule has 0 bridgehead atoms. The molecule has 0 amide bonds. The Morgan fingerprint density at radius 2 is 2.00 bits per heavy atom. The topological polar surface area (TPSA) is 85.2 Å². The van der Waals surface area contributed by atoms with Gasteiger partial charge in [0.1, 0.15) is 0 Å². The number of carbonyl (C=O) groups is 1. The molecule has 0 radical (unpaired) electrons. The summed E-state index contributed by atoms with van der Waals surface area (Å²) in [7, 11) is 1.33. The fourth-order valence-corrected chi connectivity index (χ4v) is 2.81. The third-order valence-electron chi connectivity index (χ3n) is 2.27. The van der Waals surface area contributed by atoms with Crippen molar-refractivity contribution in [2.24, 2.45) is 9.16 Å². The number of esters is 1. The van der Waals surface area contributed by atoms with Crippen LogP contribution in [0.15, 0.2) is 21.3 Å². The second-order valence-electron chi connectivity index (χ2n) is 4.42. The molecule has 0 aliphatic rings. The largest absolute Gasteiger partial charge is 0.469 e. The second-order valence-corrected chi connectivity index (χ2v) is 6.88. The minimum Gasteiger partial charge on any atom is -0.469 e. The molecule has 0 N–H and O–H groups in total. The van der Waals surface area contributed by atoms with Crippen LogP contribution in [-0.4, -0.2) is 23.1 Å². The van der Waals surface area contributed by atoms with Crippen molar-refractivity contribution < 1.29 is 9.53 Å². The summed E-state index contributed by atoms with van der Waals surface area (Å²) in [5, 5.41) is -0.0457. The Hall–Kier alpha value is -0.890. The quantitative estimate of drug-likeness (QED) is 0.264. The molecule has 0 aromatic heterocycles. The van der Waals surface area contributed by atoms with Crippen molar-refractivity contribution >= 4 is 29.9 Å². The molecular weight excluding hydrogens is 288 g/mol. The van der Waals surface area contributed by atoms with E-state index >= 15 is 0 Å². The van der Waals surface area contributed by atoms with E-state index in [1.54, 1.807) is 6.08 Å². The van der Waals surface area contributed by atoms with Crippen LogP contribution in [0.2, 0.25) is 0 Å². The highest BCUT2D eigenvalue weighted by Gasteiger charge is 2.25. The SMILES string of the molecule is COC(=O)C/C=C/CC(CC(C)(C)SN=O)SN=O. The van der Waals surface area contributed by atoms with Crippen LogP contribution in [0.4, 0.5) is 0 Å². The highest BCUT2D eigenvalue weighted by Crippen LogP contribution is 2.35. The van der Waals surface area contributed by atoms with Gasteiger partial charge in [-0.1, -0.05) is 12.2 Å². The molecule has 1 atom stereocenters. The van der Waals surface area contributed by atoms with Gasteiger partial charge in [-0.05, 0) is 26.7 Å². The zero-order valence-electron chi connectivity index (χ0n) is 11.2. The molecule has 0 rings (SSSR count). The first-order valence-electron chi connectivity index (χ1n) is 5.66. The lowest BCUT2D eigenvalue weighted by Crippen LogP contribution is -2.20. The van der Waals surface area contributed by atoms with E-state index in [-0.39, 0.29) is 22.4 Å². The Balaban J connectivity index is 4.29. The summed E-state index contributed by atoms with van der Waals surface area (Å²) in [6.07, 6.45) is 4.92. The van der Waals surface area contributed by atoms with Gasteiger partial charge in [0.2, 0.25) is 0 Å². The lowest BCUT2D eigenvalue weighted by atomic mass is 10.0. The molecular formula is C11H18N2O4S2. The first-order chi connectivity index (χ1) is 8.95. The number of rotatable bonds is 10. The van der Waals surface area contributed by atoms with E-state index < -0.39 is 0 Å². The lowest BCUT2D eigenvalue weighted by Gasteiger charge is -2.23. The van der Waals surface area contributed by atoms with E-state index in [4.69, 9.17) is 0 Å². The van der Waals surface area contributed by atoms with Crippen molar-refractivity contribution in [3.05, 3.63) is 22.0 Å². The first-order valence-corrected chi connectivity index (χ1v) is 7.27. The number of allylic oxidation sites excluding steroid dienone is 1. The first kappa shape index (κ1) is 18.1. The lowest BCUT2D eigenvalue weighted by molar-refractivity contribution is -0.139. The van der Waals surface area contributed by atoms with E-state index in [0.29, 0.717) is 12.8 Å². The average molecular weight is 306 g/mol. The van der Waals surface area contributed by atoms with E-state index in [1.165, 1.54) is 7.11 Å². The van der Waals surface area contributed by atoms with Crippen LogP contribution in [0.5, 0.6) is 0 Å². The van der Waals surface area contributed by atoms with Gasteiger partial charge in [-0.2, -0.15) is 0 Å². The van der Waals surface area contributed by atoms with Gasteiger partial charge in [0.15, 0.2) is 0 Å². The normalized spacial score (nSPS) is 13.2. The molecule has 0 spiro atoms. The Labute approximate surface area is 121 Å². The van der Waals surface area contributed by atoms with Crippen LogP contribution >= 0.6 is 23.9 Å². The summed E-state index contributed by atoms with van der Waals surface area (Å²) in [4.78, 5) is 31.6. The fraction of sp³-hybridized carbons (Fsp3) is 0.727. The van der Waals surface area contributed by atoms with Crippen LogP contribution in [0, 0.1) is 9.81 Å². The molecule has 8 heteroatoms.